The van der Waals surface area contributed by atoms with Crippen molar-refractivity contribution < 1.29 is 13.9 Å². The molecule has 0 spiro atoms. The Hall–Kier alpha value is -1.42. The van der Waals surface area contributed by atoms with Gasteiger partial charge in [0.25, 0.3) is 0 Å². The molecule has 2 aliphatic rings. The molecule has 0 N–H and O–H groups in total. The molecular formula is C15H18FNO2. The first-order chi connectivity index (χ1) is 9.26. The third kappa shape index (κ3) is 2.63. The number of aldehydes is 1. The summed E-state index contributed by atoms with van der Waals surface area (Å²) < 4.78 is 19.0. The van der Waals surface area contributed by atoms with E-state index in [1.165, 1.54) is 6.07 Å². The molecule has 2 aliphatic heterocycles. The molecule has 2 unspecified atom stereocenters. The molecule has 2 atom stereocenters. The second-order valence-electron chi connectivity index (χ2n) is 5.39. The van der Waals surface area contributed by atoms with Crippen molar-refractivity contribution in [2.75, 3.05) is 13.1 Å². The average molecular weight is 263 g/mol. The summed E-state index contributed by atoms with van der Waals surface area (Å²) in [6.07, 6.45) is 5.01. The summed E-state index contributed by atoms with van der Waals surface area (Å²) in [5.41, 5.74) is 0.935. The van der Waals surface area contributed by atoms with E-state index in [1.807, 2.05) is 0 Å². The van der Waals surface area contributed by atoms with Crippen LogP contribution in [-0.2, 0) is 11.2 Å². The van der Waals surface area contributed by atoms with Crippen LogP contribution < -0.4 is 4.74 Å². The first kappa shape index (κ1) is 12.6. The van der Waals surface area contributed by atoms with Gasteiger partial charge in [0.15, 0.2) is 0 Å². The molecule has 102 valence electrons. The van der Waals surface area contributed by atoms with E-state index in [-0.39, 0.29) is 18.0 Å². The summed E-state index contributed by atoms with van der Waals surface area (Å²) in [5.74, 6) is 0.567. The standard InChI is InChI=1S/C15H18FNO2/c16-12-4-5-15-11(7-12)8-14(19-15)9-17-6-2-1-3-13(17)10-18/h4-5,7,10,13-14H,1-3,6,8-9H2. The highest BCUT2D eigenvalue weighted by Gasteiger charge is 2.29. The van der Waals surface area contributed by atoms with Crippen LogP contribution in [0.15, 0.2) is 18.2 Å². The fourth-order valence-electron chi connectivity index (χ4n) is 3.05. The number of ether oxygens (including phenoxy) is 1. The zero-order chi connectivity index (χ0) is 13.2. The SMILES string of the molecule is O=CC1CCCCN1CC1Cc2cc(F)ccc2O1. The van der Waals surface area contributed by atoms with E-state index in [4.69, 9.17) is 4.74 Å². The number of nitrogens with zero attached hydrogens (tertiary/aromatic N) is 1. The lowest BCUT2D eigenvalue weighted by Gasteiger charge is -2.33. The molecule has 0 bridgehead atoms. The normalized spacial score (nSPS) is 26.8. The molecule has 1 fully saturated rings. The van der Waals surface area contributed by atoms with Crippen LogP contribution in [0.4, 0.5) is 4.39 Å². The van der Waals surface area contributed by atoms with Crippen molar-refractivity contribution in [2.24, 2.45) is 0 Å². The van der Waals surface area contributed by atoms with Crippen molar-refractivity contribution in [1.29, 1.82) is 0 Å². The summed E-state index contributed by atoms with van der Waals surface area (Å²) in [6.45, 7) is 1.70. The molecule has 3 nitrogen and oxygen atoms in total. The fraction of sp³-hybridized carbons (Fsp3) is 0.533. The molecule has 0 radical (unpaired) electrons. The van der Waals surface area contributed by atoms with Crippen LogP contribution in [0.3, 0.4) is 0 Å². The molecule has 1 aromatic carbocycles. The number of rotatable bonds is 3. The van der Waals surface area contributed by atoms with E-state index in [1.54, 1.807) is 12.1 Å². The van der Waals surface area contributed by atoms with Gasteiger partial charge in [-0.2, -0.15) is 0 Å². The van der Waals surface area contributed by atoms with Gasteiger partial charge in [-0.3, -0.25) is 4.90 Å². The maximum atomic E-state index is 13.2. The second kappa shape index (κ2) is 5.29. The molecule has 0 amide bonds. The van der Waals surface area contributed by atoms with Gasteiger partial charge in [-0.15, -0.1) is 0 Å². The van der Waals surface area contributed by atoms with Gasteiger partial charge < -0.3 is 9.53 Å². The summed E-state index contributed by atoms with van der Waals surface area (Å²) in [6, 6.07) is 4.69. The molecular weight excluding hydrogens is 245 g/mol. The summed E-state index contributed by atoms with van der Waals surface area (Å²) >= 11 is 0. The Morgan fingerprint density at radius 1 is 1.42 bits per heavy atom. The van der Waals surface area contributed by atoms with Crippen LogP contribution in [0, 0.1) is 5.82 Å². The number of benzene rings is 1. The number of likely N-dealkylation sites (tertiary alicyclic amines) is 1. The van der Waals surface area contributed by atoms with E-state index in [0.29, 0.717) is 0 Å². The third-order valence-corrected chi connectivity index (χ3v) is 4.02. The monoisotopic (exact) mass is 263 g/mol. The van der Waals surface area contributed by atoms with Gasteiger partial charge in [-0.05, 0) is 37.6 Å². The Kier molecular flexibility index (Phi) is 3.51. The van der Waals surface area contributed by atoms with E-state index < -0.39 is 0 Å². The Labute approximate surface area is 112 Å². The van der Waals surface area contributed by atoms with E-state index in [2.05, 4.69) is 4.90 Å². The van der Waals surface area contributed by atoms with Gasteiger partial charge >= 0.3 is 0 Å². The molecule has 3 rings (SSSR count). The Morgan fingerprint density at radius 2 is 2.32 bits per heavy atom. The molecule has 4 heteroatoms. The Bertz CT molecular complexity index is 477. The minimum atomic E-state index is -0.216. The minimum Gasteiger partial charge on any atom is -0.488 e. The zero-order valence-corrected chi connectivity index (χ0v) is 10.8. The Balaban J connectivity index is 1.65. The lowest BCUT2D eigenvalue weighted by atomic mass is 10.0. The predicted molar refractivity (Wildman–Crippen MR) is 69.8 cm³/mol. The van der Waals surface area contributed by atoms with Crippen LogP contribution in [0.5, 0.6) is 5.75 Å². The number of halogens is 1. The van der Waals surface area contributed by atoms with Crippen molar-refractivity contribution in [3.8, 4) is 5.75 Å². The number of piperidine rings is 1. The second-order valence-corrected chi connectivity index (χ2v) is 5.39. The quantitative estimate of drug-likeness (QED) is 0.783. The average Bonchev–Trinajstić information content (AvgIpc) is 2.80. The van der Waals surface area contributed by atoms with Gasteiger partial charge in [0.1, 0.15) is 24.0 Å². The molecule has 19 heavy (non-hydrogen) atoms. The number of fused-ring (bicyclic) bond motifs is 1. The number of carbonyl (C=O) groups excluding carboxylic acids is 1. The van der Waals surface area contributed by atoms with Crippen LogP contribution in [0.2, 0.25) is 0 Å². The van der Waals surface area contributed by atoms with E-state index >= 15 is 0 Å². The lowest BCUT2D eigenvalue weighted by Crippen LogP contribution is -2.45. The first-order valence-electron chi connectivity index (χ1n) is 6.90. The third-order valence-electron chi connectivity index (χ3n) is 4.02. The largest absolute Gasteiger partial charge is 0.488 e. The predicted octanol–water partition coefficient (Wildman–Crippen LogP) is 2.18. The summed E-state index contributed by atoms with van der Waals surface area (Å²) in [5, 5.41) is 0. The smallest absolute Gasteiger partial charge is 0.137 e. The van der Waals surface area contributed by atoms with Crippen LogP contribution >= 0.6 is 0 Å². The Morgan fingerprint density at radius 3 is 3.16 bits per heavy atom. The van der Waals surface area contributed by atoms with Crippen LogP contribution in [-0.4, -0.2) is 36.4 Å². The number of hydrogen-bond acceptors (Lipinski definition) is 3. The highest BCUT2D eigenvalue weighted by molar-refractivity contribution is 5.57. The highest BCUT2D eigenvalue weighted by atomic mass is 19.1. The maximum absolute atomic E-state index is 13.2. The lowest BCUT2D eigenvalue weighted by molar-refractivity contribution is -0.113. The first-order valence-corrected chi connectivity index (χ1v) is 6.90. The van der Waals surface area contributed by atoms with Crippen molar-refractivity contribution >= 4 is 6.29 Å². The number of hydrogen-bond donors (Lipinski definition) is 0. The van der Waals surface area contributed by atoms with Gasteiger partial charge in [0.2, 0.25) is 0 Å². The maximum Gasteiger partial charge on any atom is 0.137 e. The summed E-state index contributed by atoms with van der Waals surface area (Å²) in [7, 11) is 0. The van der Waals surface area contributed by atoms with Crippen molar-refractivity contribution in [3.63, 3.8) is 0 Å². The molecule has 2 heterocycles. The topological polar surface area (TPSA) is 29.5 Å². The zero-order valence-electron chi connectivity index (χ0n) is 10.8. The van der Waals surface area contributed by atoms with Gasteiger partial charge in [-0.25, -0.2) is 4.39 Å². The minimum absolute atomic E-state index is 0.0257. The molecule has 0 aromatic heterocycles. The molecule has 1 saturated heterocycles. The highest BCUT2D eigenvalue weighted by Crippen LogP contribution is 2.30. The van der Waals surface area contributed by atoms with Crippen molar-refractivity contribution in [2.45, 2.75) is 37.8 Å². The van der Waals surface area contributed by atoms with Gasteiger partial charge in [0, 0.05) is 18.5 Å². The van der Waals surface area contributed by atoms with E-state index in [0.717, 1.165) is 56.4 Å². The van der Waals surface area contributed by atoms with Crippen molar-refractivity contribution in [3.05, 3.63) is 29.6 Å². The van der Waals surface area contributed by atoms with Crippen LogP contribution in [0.1, 0.15) is 24.8 Å². The summed E-state index contributed by atoms with van der Waals surface area (Å²) in [4.78, 5) is 13.3. The fourth-order valence-corrected chi connectivity index (χ4v) is 3.05. The molecule has 0 saturated carbocycles. The van der Waals surface area contributed by atoms with Gasteiger partial charge in [-0.1, -0.05) is 6.42 Å². The molecule has 0 aliphatic carbocycles. The number of carbonyl (C=O) groups is 1. The van der Waals surface area contributed by atoms with E-state index in [9.17, 15) is 9.18 Å². The van der Waals surface area contributed by atoms with Gasteiger partial charge in [0.05, 0.1) is 6.04 Å². The molecule has 1 aromatic rings. The van der Waals surface area contributed by atoms with Crippen molar-refractivity contribution in [1.82, 2.24) is 4.90 Å². The van der Waals surface area contributed by atoms with Crippen LogP contribution in [0.25, 0.3) is 0 Å².